The number of halogens is 1. The molecule has 2 aromatic rings. The van der Waals surface area contributed by atoms with Crippen LogP contribution in [0.3, 0.4) is 0 Å². The fraction of sp³-hybridized carbons (Fsp3) is 0.133. The smallest absolute Gasteiger partial charge is 0.187 e. The van der Waals surface area contributed by atoms with Gasteiger partial charge in [-0.2, -0.15) is 0 Å². The fourth-order valence-electron chi connectivity index (χ4n) is 1.74. The lowest BCUT2D eigenvalue weighted by atomic mass is 10.0. The standard InChI is InChI=1S/C15H12BrN/c1-11-9-13(5-8-15(11)16)10-12-3-6-14(17-2)7-4-12/h3-9H,10H2,1H3. The van der Waals surface area contributed by atoms with Crippen LogP contribution in [0.2, 0.25) is 0 Å². The summed E-state index contributed by atoms with van der Waals surface area (Å²) in [5.74, 6) is 0. The molecule has 0 aliphatic carbocycles. The van der Waals surface area contributed by atoms with Crippen molar-refractivity contribution in [2.45, 2.75) is 13.3 Å². The molecule has 84 valence electrons. The number of hydrogen-bond acceptors (Lipinski definition) is 0. The van der Waals surface area contributed by atoms with Crippen molar-refractivity contribution >= 4 is 21.6 Å². The van der Waals surface area contributed by atoms with Gasteiger partial charge in [0.05, 0.1) is 6.57 Å². The molecule has 0 saturated carbocycles. The molecule has 1 nitrogen and oxygen atoms in total. The van der Waals surface area contributed by atoms with Gasteiger partial charge in [-0.25, -0.2) is 4.85 Å². The molecule has 0 bridgehead atoms. The molecule has 0 spiro atoms. The number of hydrogen-bond donors (Lipinski definition) is 0. The van der Waals surface area contributed by atoms with Crippen molar-refractivity contribution in [3.05, 3.63) is 75.0 Å². The maximum atomic E-state index is 6.91. The van der Waals surface area contributed by atoms with E-state index in [4.69, 9.17) is 6.57 Å². The van der Waals surface area contributed by atoms with Gasteiger partial charge < -0.3 is 0 Å². The lowest BCUT2D eigenvalue weighted by Crippen LogP contribution is -1.88. The molecule has 0 heterocycles. The third kappa shape index (κ3) is 2.95. The Kier molecular flexibility index (Phi) is 3.61. The lowest BCUT2D eigenvalue weighted by Gasteiger charge is -2.05. The Balaban J connectivity index is 2.20. The minimum Gasteiger partial charge on any atom is -0.238 e. The highest BCUT2D eigenvalue weighted by atomic mass is 79.9. The molecule has 2 heteroatoms. The second-order valence-electron chi connectivity index (χ2n) is 4.04. The van der Waals surface area contributed by atoms with Gasteiger partial charge in [-0.1, -0.05) is 52.3 Å². The quantitative estimate of drug-likeness (QED) is 0.692. The summed E-state index contributed by atoms with van der Waals surface area (Å²) in [5.41, 5.74) is 4.47. The second kappa shape index (κ2) is 5.16. The van der Waals surface area contributed by atoms with Crippen LogP contribution in [0.15, 0.2) is 46.9 Å². The number of aryl methyl sites for hydroxylation is 1. The fourth-order valence-corrected chi connectivity index (χ4v) is 1.99. The summed E-state index contributed by atoms with van der Waals surface area (Å²) >= 11 is 3.50. The molecular formula is C15H12BrN. The van der Waals surface area contributed by atoms with Crippen LogP contribution in [0, 0.1) is 13.5 Å². The predicted octanol–water partition coefficient (Wildman–Crippen LogP) is 4.90. The van der Waals surface area contributed by atoms with Crippen LogP contribution in [-0.2, 0) is 6.42 Å². The third-order valence-electron chi connectivity index (χ3n) is 2.70. The Labute approximate surface area is 110 Å². The minimum absolute atomic E-state index is 0.695. The molecule has 0 amide bonds. The van der Waals surface area contributed by atoms with Crippen LogP contribution < -0.4 is 0 Å². The molecular weight excluding hydrogens is 274 g/mol. The van der Waals surface area contributed by atoms with E-state index in [1.807, 2.05) is 24.3 Å². The monoisotopic (exact) mass is 285 g/mol. The summed E-state index contributed by atoms with van der Waals surface area (Å²) in [4.78, 5) is 3.39. The Morgan fingerprint density at radius 1 is 1.06 bits per heavy atom. The molecule has 0 fully saturated rings. The first-order chi connectivity index (χ1) is 8.19. The van der Waals surface area contributed by atoms with Crippen molar-refractivity contribution in [1.82, 2.24) is 0 Å². The minimum atomic E-state index is 0.695. The largest absolute Gasteiger partial charge is 0.238 e. The van der Waals surface area contributed by atoms with Crippen LogP contribution >= 0.6 is 15.9 Å². The van der Waals surface area contributed by atoms with Crippen LogP contribution in [0.5, 0.6) is 0 Å². The molecule has 0 N–H and O–H groups in total. The number of rotatable bonds is 2. The normalized spacial score (nSPS) is 9.94. The van der Waals surface area contributed by atoms with Crippen molar-refractivity contribution in [1.29, 1.82) is 0 Å². The van der Waals surface area contributed by atoms with Crippen LogP contribution in [0.25, 0.3) is 4.85 Å². The molecule has 0 saturated heterocycles. The van der Waals surface area contributed by atoms with E-state index in [0.29, 0.717) is 5.69 Å². The Bertz CT molecular complexity index is 564. The Morgan fingerprint density at radius 2 is 1.71 bits per heavy atom. The van der Waals surface area contributed by atoms with Crippen LogP contribution in [0.1, 0.15) is 16.7 Å². The molecule has 0 aromatic heterocycles. The van der Waals surface area contributed by atoms with Gasteiger partial charge in [0.15, 0.2) is 5.69 Å². The van der Waals surface area contributed by atoms with Gasteiger partial charge in [0.1, 0.15) is 0 Å². The topological polar surface area (TPSA) is 4.36 Å². The van der Waals surface area contributed by atoms with E-state index in [1.165, 1.54) is 16.7 Å². The molecule has 0 unspecified atom stereocenters. The molecule has 0 atom stereocenters. The molecule has 17 heavy (non-hydrogen) atoms. The van der Waals surface area contributed by atoms with E-state index in [-0.39, 0.29) is 0 Å². The zero-order chi connectivity index (χ0) is 12.3. The van der Waals surface area contributed by atoms with Gasteiger partial charge in [-0.3, -0.25) is 0 Å². The SMILES string of the molecule is [C-]#[N+]c1ccc(Cc2ccc(Br)c(C)c2)cc1. The van der Waals surface area contributed by atoms with E-state index in [1.54, 1.807) is 0 Å². The van der Waals surface area contributed by atoms with E-state index in [9.17, 15) is 0 Å². The third-order valence-corrected chi connectivity index (χ3v) is 3.59. The van der Waals surface area contributed by atoms with Gasteiger partial charge in [-0.05, 0) is 36.1 Å². The van der Waals surface area contributed by atoms with Gasteiger partial charge in [-0.15, -0.1) is 0 Å². The Morgan fingerprint density at radius 3 is 2.29 bits per heavy atom. The molecule has 0 aliphatic heterocycles. The highest BCUT2D eigenvalue weighted by Crippen LogP contribution is 2.20. The summed E-state index contributed by atoms with van der Waals surface area (Å²) < 4.78 is 1.14. The molecule has 0 radical (unpaired) electrons. The zero-order valence-electron chi connectivity index (χ0n) is 9.57. The molecule has 2 aromatic carbocycles. The number of benzene rings is 2. The summed E-state index contributed by atoms with van der Waals surface area (Å²) in [6.07, 6.45) is 0.909. The second-order valence-corrected chi connectivity index (χ2v) is 4.89. The van der Waals surface area contributed by atoms with E-state index < -0.39 is 0 Å². The maximum absolute atomic E-state index is 6.91. The van der Waals surface area contributed by atoms with Gasteiger partial charge >= 0.3 is 0 Å². The Hall–Kier alpha value is -1.59. The van der Waals surface area contributed by atoms with Crippen molar-refractivity contribution in [2.75, 3.05) is 0 Å². The summed E-state index contributed by atoms with van der Waals surface area (Å²) in [6, 6.07) is 14.2. The van der Waals surface area contributed by atoms with Gasteiger partial charge in [0.25, 0.3) is 0 Å². The highest BCUT2D eigenvalue weighted by molar-refractivity contribution is 9.10. The van der Waals surface area contributed by atoms with Gasteiger partial charge in [0.2, 0.25) is 0 Å². The van der Waals surface area contributed by atoms with Crippen molar-refractivity contribution < 1.29 is 0 Å². The van der Waals surface area contributed by atoms with Crippen LogP contribution in [0.4, 0.5) is 5.69 Å². The average molecular weight is 286 g/mol. The first kappa shape index (κ1) is 11.9. The number of nitrogens with zero attached hydrogens (tertiary/aromatic N) is 1. The maximum Gasteiger partial charge on any atom is 0.187 e. The average Bonchev–Trinajstić information content (AvgIpc) is 2.35. The summed E-state index contributed by atoms with van der Waals surface area (Å²) in [5, 5.41) is 0. The predicted molar refractivity (Wildman–Crippen MR) is 74.4 cm³/mol. The molecule has 2 rings (SSSR count). The first-order valence-corrected chi connectivity index (χ1v) is 6.20. The van der Waals surface area contributed by atoms with Gasteiger partial charge in [0, 0.05) is 4.47 Å². The summed E-state index contributed by atoms with van der Waals surface area (Å²) in [7, 11) is 0. The lowest BCUT2D eigenvalue weighted by molar-refractivity contribution is 1.18. The van der Waals surface area contributed by atoms with Crippen LogP contribution in [-0.4, -0.2) is 0 Å². The molecule has 0 aliphatic rings. The first-order valence-electron chi connectivity index (χ1n) is 5.40. The summed E-state index contributed by atoms with van der Waals surface area (Å²) in [6.45, 7) is 9.00. The zero-order valence-corrected chi connectivity index (χ0v) is 11.2. The highest BCUT2D eigenvalue weighted by Gasteiger charge is 1.99. The van der Waals surface area contributed by atoms with E-state index >= 15 is 0 Å². The van der Waals surface area contributed by atoms with Crippen molar-refractivity contribution in [3.63, 3.8) is 0 Å². The van der Waals surface area contributed by atoms with E-state index in [0.717, 1.165) is 10.9 Å². The van der Waals surface area contributed by atoms with Crippen molar-refractivity contribution in [2.24, 2.45) is 0 Å². The van der Waals surface area contributed by atoms with E-state index in [2.05, 4.69) is 45.9 Å². The van der Waals surface area contributed by atoms with Crippen molar-refractivity contribution in [3.8, 4) is 0 Å².